The van der Waals surface area contributed by atoms with Crippen molar-refractivity contribution in [2.24, 2.45) is 0 Å². The van der Waals surface area contributed by atoms with Gasteiger partial charge in [0.05, 0.1) is 33.5 Å². The minimum Gasteiger partial charge on any atom is -0.294 e. The molecular formula is C54H35N7. The number of pyridine rings is 2. The van der Waals surface area contributed by atoms with Gasteiger partial charge in [-0.1, -0.05) is 152 Å². The molecule has 0 aliphatic heterocycles. The molecule has 0 aliphatic carbocycles. The Bertz CT molecular complexity index is 3370. The van der Waals surface area contributed by atoms with E-state index < -0.39 is 0 Å². The van der Waals surface area contributed by atoms with E-state index in [2.05, 4.69) is 184 Å². The van der Waals surface area contributed by atoms with E-state index in [0.717, 1.165) is 106 Å². The Balaban J connectivity index is 1.09. The first-order valence-corrected chi connectivity index (χ1v) is 20.4. The third kappa shape index (κ3) is 5.59. The molecule has 0 aliphatic rings. The van der Waals surface area contributed by atoms with Gasteiger partial charge in [0.15, 0.2) is 11.6 Å². The van der Waals surface area contributed by atoms with Crippen LogP contribution >= 0.6 is 0 Å². The first kappa shape index (κ1) is 34.6. The molecule has 0 spiro atoms. The molecule has 0 atom stereocenters. The summed E-state index contributed by atoms with van der Waals surface area (Å²) in [6.45, 7) is 0. The molecule has 61 heavy (non-hydrogen) atoms. The van der Waals surface area contributed by atoms with Crippen molar-refractivity contribution < 1.29 is 0 Å². The molecule has 0 saturated heterocycles. The zero-order chi connectivity index (χ0) is 40.3. The second-order valence-electron chi connectivity index (χ2n) is 15.1. The highest BCUT2D eigenvalue weighted by atomic mass is 15.3. The topological polar surface area (TPSA) is 66.3 Å². The highest BCUT2D eigenvalue weighted by Crippen LogP contribution is 2.42. The first-order valence-electron chi connectivity index (χ1n) is 20.4. The van der Waals surface area contributed by atoms with Gasteiger partial charge in [0.2, 0.25) is 0 Å². The summed E-state index contributed by atoms with van der Waals surface area (Å²) in [6.07, 6.45) is 0. The lowest BCUT2D eigenvalue weighted by atomic mass is 10.0. The Labute approximate surface area is 351 Å². The van der Waals surface area contributed by atoms with Crippen molar-refractivity contribution in [2.75, 3.05) is 0 Å². The van der Waals surface area contributed by atoms with Gasteiger partial charge in [0, 0.05) is 49.5 Å². The van der Waals surface area contributed by atoms with Crippen LogP contribution in [0.25, 0.3) is 106 Å². The van der Waals surface area contributed by atoms with Crippen LogP contribution in [0.15, 0.2) is 212 Å². The quantitative estimate of drug-likeness (QED) is 0.161. The number of aromatic nitrogens is 7. The van der Waals surface area contributed by atoms with Gasteiger partial charge in [0.25, 0.3) is 0 Å². The molecule has 5 heterocycles. The molecule has 7 heteroatoms. The second-order valence-corrected chi connectivity index (χ2v) is 15.1. The second kappa shape index (κ2) is 14.1. The third-order valence-corrected chi connectivity index (χ3v) is 11.6. The van der Waals surface area contributed by atoms with Gasteiger partial charge >= 0.3 is 0 Å². The lowest BCUT2D eigenvalue weighted by Crippen LogP contribution is -2.01. The number of hydrogen-bond donors (Lipinski definition) is 0. The van der Waals surface area contributed by atoms with Crippen molar-refractivity contribution in [3.63, 3.8) is 0 Å². The molecule has 0 radical (unpaired) electrons. The molecular weight excluding hydrogens is 747 g/mol. The number of fused-ring (bicyclic) bond motifs is 6. The fourth-order valence-electron chi connectivity index (χ4n) is 8.99. The van der Waals surface area contributed by atoms with Gasteiger partial charge in [-0.25, -0.2) is 9.97 Å². The minimum atomic E-state index is 0.749. The zero-order valence-electron chi connectivity index (χ0n) is 32.8. The van der Waals surface area contributed by atoms with Gasteiger partial charge in [-0.3, -0.25) is 13.7 Å². The Morgan fingerprint density at radius 1 is 0.295 bits per heavy atom. The van der Waals surface area contributed by atoms with E-state index in [1.165, 1.54) is 0 Å². The normalized spacial score (nSPS) is 11.6. The Kier molecular flexibility index (Phi) is 8.03. The van der Waals surface area contributed by atoms with Crippen LogP contribution in [-0.4, -0.2) is 33.9 Å². The monoisotopic (exact) mass is 781 g/mol. The Morgan fingerprint density at radius 3 is 1.16 bits per heavy atom. The van der Waals surface area contributed by atoms with Crippen molar-refractivity contribution >= 4 is 43.6 Å². The fraction of sp³-hybridized carbons (Fsp3) is 0. The first-order chi connectivity index (χ1) is 30.3. The van der Waals surface area contributed by atoms with Gasteiger partial charge in [0.1, 0.15) is 11.6 Å². The maximum atomic E-state index is 5.22. The average Bonchev–Trinajstić information content (AvgIpc) is 4.03. The van der Waals surface area contributed by atoms with Crippen LogP contribution in [0.1, 0.15) is 0 Å². The van der Waals surface area contributed by atoms with Crippen molar-refractivity contribution in [1.29, 1.82) is 0 Å². The summed E-state index contributed by atoms with van der Waals surface area (Å²) >= 11 is 0. The Hall–Kier alpha value is -8.42. The van der Waals surface area contributed by atoms with E-state index >= 15 is 0 Å². The molecule has 0 unspecified atom stereocenters. The SMILES string of the molecule is c1ccc(-c2cccc(-n3c4ccccc4c4c(-c5nnc(-c6cccc7c6c6ccccc6n7-c6cccc(-c7ccccc7)n6)n5-c5ccccc5)cccc43)n2)cc1. The van der Waals surface area contributed by atoms with Crippen LogP contribution in [0.3, 0.4) is 0 Å². The molecule has 0 saturated carbocycles. The van der Waals surface area contributed by atoms with Crippen molar-refractivity contribution in [1.82, 2.24) is 33.9 Å². The number of benzene rings is 7. The fourth-order valence-corrected chi connectivity index (χ4v) is 8.99. The van der Waals surface area contributed by atoms with Gasteiger partial charge in [-0.15, -0.1) is 10.2 Å². The van der Waals surface area contributed by atoms with E-state index in [9.17, 15) is 0 Å². The zero-order valence-corrected chi connectivity index (χ0v) is 32.8. The van der Waals surface area contributed by atoms with Crippen LogP contribution in [0.4, 0.5) is 0 Å². The molecule has 7 aromatic carbocycles. The van der Waals surface area contributed by atoms with Gasteiger partial charge < -0.3 is 0 Å². The summed E-state index contributed by atoms with van der Waals surface area (Å²) in [7, 11) is 0. The number of para-hydroxylation sites is 3. The smallest absolute Gasteiger partial charge is 0.169 e. The van der Waals surface area contributed by atoms with E-state index in [1.54, 1.807) is 0 Å². The van der Waals surface area contributed by atoms with Gasteiger partial charge in [-0.05, 0) is 60.7 Å². The van der Waals surface area contributed by atoms with Crippen LogP contribution < -0.4 is 0 Å². The van der Waals surface area contributed by atoms with Crippen molar-refractivity contribution in [3.8, 4) is 62.6 Å². The van der Waals surface area contributed by atoms with E-state index in [1.807, 2.05) is 42.5 Å². The molecule has 286 valence electrons. The highest BCUT2D eigenvalue weighted by molar-refractivity contribution is 6.17. The average molecular weight is 782 g/mol. The van der Waals surface area contributed by atoms with E-state index in [4.69, 9.17) is 20.2 Å². The molecule has 0 fully saturated rings. The molecule has 0 N–H and O–H groups in total. The third-order valence-electron chi connectivity index (χ3n) is 11.6. The predicted molar refractivity (Wildman–Crippen MR) is 247 cm³/mol. The molecule has 12 rings (SSSR count). The molecule has 0 amide bonds. The Morgan fingerprint density at radius 2 is 0.689 bits per heavy atom. The van der Waals surface area contributed by atoms with Crippen LogP contribution in [-0.2, 0) is 0 Å². The summed E-state index contributed by atoms with van der Waals surface area (Å²) in [5, 5.41) is 14.6. The summed E-state index contributed by atoms with van der Waals surface area (Å²) in [5.41, 5.74) is 11.1. The van der Waals surface area contributed by atoms with E-state index in [-0.39, 0.29) is 0 Å². The number of rotatable bonds is 7. The summed E-state index contributed by atoms with van der Waals surface area (Å²) in [4.78, 5) is 10.4. The molecule has 0 bridgehead atoms. The van der Waals surface area contributed by atoms with Gasteiger partial charge in [-0.2, -0.15) is 0 Å². The molecule has 12 aromatic rings. The van der Waals surface area contributed by atoms with Crippen LogP contribution in [0, 0.1) is 0 Å². The summed E-state index contributed by atoms with van der Waals surface area (Å²) in [6, 6.07) is 73.6. The minimum absolute atomic E-state index is 0.749. The maximum absolute atomic E-state index is 5.22. The van der Waals surface area contributed by atoms with Crippen LogP contribution in [0.2, 0.25) is 0 Å². The summed E-state index contributed by atoms with van der Waals surface area (Å²) in [5.74, 6) is 3.20. The highest BCUT2D eigenvalue weighted by Gasteiger charge is 2.25. The number of nitrogens with zero attached hydrogens (tertiary/aromatic N) is 7. The van der Waals surface area contributed by atoms with Crippen molar-refractivity contribution in [2.45, 2.75) is 0 Å². The summed E-state index contributed by atoms with van der Waals surface area (Å²) < 4.78 is 6.74. The number of hydrogen-bond acceptors (Lipinski definition) is 4. The molecule has 5 aromatic heterocycles. The van der Waals surface area contributed by atoms with Crippen molar-refractivity contribution in [3.05, 3.63) is 212 Å². The molecule has 7 nitrogen and oxygen atoms in total. The lowest BCUT2D eigenvalue weighted by Gasteiger charge is -2.13. The maximum Gasteiger partial charge on any atom is 0.169 e. The standard InChI is InChI=1S/C54H35N7/c1-4-18-36(19-5-1)43-28-16-34-49(55-43)60-45-30-12-10-24-39(45)51-41(26-14-32-47(51)60)53-57-58-54(59(53)38-22-8-3-9-23-38)42-27-15-33-48-52(42)40-25-11-13-31-46(40)61(48)50-35-17-29-44(56-50)37-20-6-2-7-21-37/h1-35H. The largest absolute Gasteiger partial charge is 0.294 e. The van der Waals surface area contributed by atoms with Crippen LogP contribution in [0.5, 0.6) is 0 Å². The van der Waals surface area contributed by atoms with E-state index in [0.29, 0.717) is 0 Å². The predicted octanol–water partition coefficient (Wildman–Crippen LogP) is 12.9. The lowest BCUT2D eigenvalue weighted by molar-refractivity contribution is 1.07.